The number of rotatable bonds is 2. The maximum atomic E-state index is 13.6. The SMILES string of the molecule is CC(N)c1ccc(-c2ccc(Cl)cc2F)o1. The van der Waals surface area contributed by atoms with Gasteiger partial charge in [-0.2, -0.15) is 0 Å². The molecule has 1 aromatic heterocycles. The van der Waals surface area contributed by atoms with Crippen LogP contribution in [0.5, 0.6) is 0 Å². The van der Waals surface area contributed by atoms with Crippen LogP contribution >= 0.6 is 11.6 Å². The third kappa shape index (κ3) is 2.10. The van der Waals surface area contributed by atoms with Crippen LogP contribution in [0.4, 0.5) is 4.39 Å². The fourth-order valence-corrected chi connectivity index (χ4v) is 1.59. The lowest BCUT2D eigenvalue weighted by atomic mass is 10.1. The molecule has 0 spiro atoms. The monoisotopic (exact) mass is 239 g/mol. The summed E-state index contributed by atoms with van der Waals surface area (Å²) < 4.78 is 19.0. The fourth-order valence-electron chi connectivity index (χ4n) is 1.43. The zero-order valence-electron chi connectivity index (χ0n) is 8.71. The van der Waals surface area contributed by atoms with Crippen LogP contribution in [-0.2, 0) is 0 Å². The van der Waals surface area contributed by atoms with Gasteiger partial charge in [-0.1, -0.05) is 11.6 Å². The van der Waals surface area contributed by atoms with E-state index in [-0.39, 0.29) is 6.04 Å². The van der Waals surface area contributed by atoms with Gasteiger partial charge in [-0.3, -0.25) is 0 Å². The summed E-state index contributed by atoms with van der Waals surface area (Å²) in [7, 11) is 0. The minimum Gasteiger partial charge on any atom is -0.459 e. The molecule has 1 unspecified atom stereocenters. The third-order valence-corrected chi connectivity index (χ3v) is 2.51. The van der Waals surface area contributed by atoms with Gasteiger partial charge < -0.3 is 10.2 Å². The Kier molecular flexibility index (Phi) is 2.99. The lowest BCUT2D eigenvalue weighted by Crippen LogP contribution is -2.02. The molecular formula is C12H11ClFNO. The van der Waals surface area contributed by atoms with E-state index >= 15 is 0 Å². The lowest BCUT2D eigenvalue weighted by molar-refractivity contribution is 0.487. The zero-order chi connectivity index (χ0) is 11.7. The van der Waals surface area contributed by atoms with Crippen LogP contribution in [0.2, 0.25) is 5.02 Å². The fraction of sp³-hybridized carbons (Fsp3) is 0.167. The van der Waals surface area contributed by atoms with Crippen molar-refractivity contribution in [1.29, 1.82) is 0 Å². The first-order valence-corrected chi connectivity index (χ1v) is 5.26. The Morgan fingerprint density at radius 3 is 2.62 bits per heavy atom. The molecule has 1 aromatic carbocycles. The van der Waals surface area contributed by atoms with Crippen molar-refractivity contribution in [2.75, 3.05) is 0 Å². The molecular weight excluding hydrogens is 229 g/mol. The molecule has 16 heavy (non-hydrogen) atoms. The van der Waals surface area contributed by atoms with Crippen molar-refractivity contribution >= 4 is 11.6 Å². The minimum absolute atomic E-state index is 0.205. The Morgan fingerprint density at radius 2 is 2.06 bits per heavy atom. The van der Waals surface area contributed by atoms with Crippen LogP contribution < -0.4 is 5.73 Å². The van der Waals surface area contributed by atoms with E-state index in [1.807, 2.05) is 0 Å². The van der Waals surface area contributed by atoms with Crippen LogP contribution in [0.1, 0.15) is 18.7 Å². The summed E-state index contributed by atoms with van der Waals surface area (Å²) in [6.45, 7) is 1.81. The van der Waals surface area contributed by atoms with Gasteiger partial charge in [0.15, 0.2) is 0 Å². The Morgan fingerprint density at radius 1 is 1.31 bits per heavy atom. The van der Waals surface area contributed by atoms with Crippen molar-refractivity contribution in [1.82, 2.24) is 0 Å². The Labute approximate surface area is 97.8 Å². The molecule has 1 atom stereocenters. The highest BCUT2D eigenvalue weighted by atomic mass is 35.5. The maximum absolute atomic E-state index is 13.6. The zero-order valence-corrected chi connectivity index (χ0v) is 9.46. The largest absolute Gasteiger partial charge is 0.459 e. The van der Waals surface area contributed by atoms with Gasteiger partial charge in [-0.25, -0.2) is 4.39 Å². The molecule has 0 aliphatic carbocycles. The number of hydrogen-bond donors (Lipinski definition) is 1. The second-order valence-electron chi connectivity index (χ2n) is 3.61. The second kappa shape index (κ2) is 4.28. The highest BCUT2D eigenvalue weighted by Gasteiger charge is 2.11. The summed E-state index contributed by atoms with van der Waals surface area (Å²) in [5.41, 5.74) is 6.04. The van der Waals surface area contributed by atoms with Crippen molar-refractivity contribution in [2.45, 2.75) is 13.0 Å². The molecule has 0 aliphatic heterocycles. The number of benzene rings is 1. The van der Waals surface area contributed by atoms with Crippen molar-refractivity contribution in [3.05, 3.63) is 46.9 Å². The highest BCUT2D eigenvalue weighted by Crippen LogP contribution is 2.28. The summed E-state index contributed by atoms with van der Waals surface area (Å²) >= 11 is 5.67. The summed E-state index contributed by atoms with van der Waals surface area (Å²) in [6, 6.07) is 7.70. The average molecular weight is 240 g/mol. The Bertz CT molecular complexity index is 507. The normalized spacial score (nSPS) is 12.8. The number of halogens is 2. The summed E-state index contributed by atoms with van der Waals surface area (Å²) in [6.07, 6.45) is 0. The number of nitrogens with two attached hydrogens (primary N) is 1. The van der Waals surface area contributed by atoms with E-state index in [1.54, 1.807) is 31.2 Å². The van der Waals surface area contributed by atoms with Crippen LogP contribution in [0, 0.1) is 5.82 Å². The molecule has 2 aromatic rings. The van der Waals surface area contributed by atoms with Gasteiger partial charge in [0, 0.05) is 5.02 Å². The van der Waals surface area contributed by atoms with Crippen LogP contribution in [0.3, 0.4) is 0 Å². The van der Waals surface area contributed by atoms with Gasteiger partial charge >= 0.3 is 0 Å². The van der Waals surface area contributed by atoms with Gasteiger partial charge in [0.2, 0.25) is 0 Å². The van der Waals surface area contributed by atoms with E-state index in [0.29, 0.717) is 22.1 Å². The average Bonchev–Trinajstić information content (AvgIpc) is 2.66. The topological polar surface area (TPSA) is 39.2 Å². The number of furan rings is 1. The molecule has 0 saturated carbocycles. The first-order valence-electron chi connectivity index (χ1n) is 4.88. The highest BCUT2D eigenvalue weighted by molar-refractivity contribution is 6.30. The maximum Gasteiger partial charge on any atom is 0.137 e. The lowest BCUT2D eigenvalue weighted by Gasteiger charge is -2.01. The molecule has 0 bridgehead atoms. The van der Waals surface area contributed by atoms with E-state index in [1.165, 1.54) is 6.07 Å². The van der Waals surface area contributed by atoms with Gasteiger partial charge in [-0.05, 0) is 37.3 Å². The number of hydrogen-bond acceptors (Lipinski definition) is 2. The van der Waals surface area contributed by atoms with E-state index in [2.05, 4.69) is 0 Å². The molecule has 1 heterocycles. The third-order valence-electron chi connectivity index (χ3n) is 2.27. The molecule has 2 N–H and O–H groups in total. The molecule has 2 nitrogen and oxygen atoms in total. The summed E-state index contributed by atoms with van der Waals surface area (Å²) in [5, 5.41) is 0.361. The molecule has 0 saturated heterocycles. The molecule has 4 heteroatoms. The van der Waals surface area contributed by atoms with Crippen molar-refractivity contribution in [2.24, 2.45) is 5.73 Å². The van der Waals surface area contributed by atoms with E-state index in [0.717, 1.165) is 0 Å². The Hall–Kier alpha value is -1.32. The van der Waals surface area contributed by atoms with E-state index in [4.69, 9.17) is 21.8 Å². The molecule has 0 amide bonds. The minimum atomic E-state index is -0.405. The van der Waals surface area contributed by atoms with Crippen molar-refractivity contribution < 1.29 is 8.81 Å². The second-order valence-corrected chi connectivity index (χ2v) is 4.05. The van der Waals surface area contributed by atoms with Gasteiger partial charge in [0.05, 0.1) is 11.6 Å². The smallest absolute Gasteiger partial charge is 0.137 e. The first-order chi connectivity index (χ1) is 7.58. The first kappa shape index (κ1) is 11.2. The van der Waals surface area contributed by atoms with Crippen molar-refractivity contribution in [3.63, 3.8) is 0 Å². The van der Waals surface area contributed by atoms with E-state index in [9.17, 15) is 4.39 Å². The van der Waals surface area contributed by atoms with Gasteiger partial charge in [0.25, 0.3) is 0 Å². The summed E-state index contributed by atoms with van der Waals surface area (Å²) in [5.74, 6) is 0.684. The quantitative estimate of drug-likeness (QED) is 0.867. The summed E-state index contributed by atoms with van der Waals surface area (Å²) in [4.78, 5) is 0. The molecule has 2 rings (SSSR count). The molecule has 84 valence electrons. The van der Waals surface area contributed by atoms with E-state index < -0.39 is 5.82 Å². The Balaban J connectivity index is 2.42. The van der Waals surface area contributed by atoms with Crippen molar-refractivity contribution in [3.8, 4) is 11.3 Å². The van der Waals surface area contributed by atoms with Gasteiger partial charge in [-0.15, -0.1) is 0 Å². The predicted octanol–water partition coefficient (Wildman–Crippen LogP) is 3.76. The van der Waals surface area contributed by atoms with Gasteiger partial charge in [0.1, 0.15) is 17.3 Å². The van der Waals surface area contributed by atoms with Crippen LogP contribution in [0.15, 0.2) is 34.7 Å². The molecule has 0 radical (unpaired) electrons. The molecule has 0 fully saturated rings. The standard InChI is InChI=1S/C12H11ClFNO/c1-7(15)11-4-5-12(16-11)9-3-2-8(13)6-10(9)14/h2-7H,15H2,1H3. The van der Waals surface area contributed by atoms with Crippen LogP contribution in [-0.4, -0.2) is 0 Å². The van der Waals surface area contributed by atoms with Crippen LogP contribution in [0.25, 0.3) is 11.3 Å². The molecule has 0 aliphatic rings. The predicted molar refractivity (Wildman–Crippen MR) is 61.7 cm³/mol.